The zero-order chi connectivity index (χ0) is 59.4. The van der Waals surface area contributed by atoms with Crippen LogP contribution in [0, 0.1) is 0 Å². The van der Waals surface area contributed by atoms with Crippen molar-refractivity contribution in [3.63, 3.8) is 0 Å². The van der Waals surface area contributed by atoms with Crippen molar-refractivity contribution in [2.75, 3.05) is 45.4 Å². The first-order valence-corrected chi connectivity index (χ1v) is 26.8. The molecule has 0 bridgehead atoms. The highest BCUT2D eigenvalue weighted by Gasteiger charge is 2.36. The summed E-state index contributed by atoms with van der Waals surface area (Å²) in [7, 11) is 1.10. The van der Waals surface area contributed by atoms with Crippen LogP contribution >= 0.6 is 11.8 Å². The minimum atomic E-state index is -1.83. The van der Waals surface area contributed by atoms with Crippen LogP contribution in [0.15, 0.2) is 30.3 Å². The molecule has 0 heterocycles. The quantitative estimate of drug-likeness (QED) is 0.0263. The van der Waals surface area contributed by atoms with Gasteiger partial charge in [-0.15, -0.1) is 0 Å². The molecule has 0 saturated heterocycles. The van der Waals surface area contributed by atoms with Crippen LogP contribution in [0.5, 0.6) is 0 Å². The van der Waals surface area contributed by atoms with Crippen LogP contribution in [0.3, 0.4) is 0 Å². The number of nitrogens with one attached hydrogen (secondary N) is 9. The summed E-state index contributed by atoms with van der Waals surface area (Å²) in [5.41, 5.74) is -1.84. The number of carbonyl (C=O) groups excluding carboxylic acids is 11. The molecule has 0 aliphatic carbocycles. The van der Waals surface area contributed by atoms with Gasteiger partial charge in [-0.25, -0.2) is 14.4 Å². The van der Waals surface area contributed by atoms with E-state index in [9.17, 15) is 63.0 Å². The SMILES string of the molecule is COC(=O)[C@H](CCCCNC(=O)OC(C)(C)C)NC(=O)[C@H](CCC(=O)OC(C)(C)C)NC(=O)[C@H](CO)NC(=O)[C@@H](NC(=O)[C@H](CCSC)NC(=O)[C@H](Cc1ccccc1)NC(=O)CNC(=O)CNC(=O)OC(C)(C)C)[C@@H](C)O. The van der Waals surface area contributed by atoms with Crippen LogP contribution in [0.1, 0.15) is 113 Å². The zero-order valence-corrected chi connectivity index (χ0v) is 47.7. The van der Waals surface area contributed by atoms with E-state index in [1.807, 2.05) is 0 Å². The Bertz CT molecular complexity index is 2160. The summed E-state index contributed by atoms with van der Waals surface area (Å²) in [5.74, 6) is -7.90. The molecule has 440 valence electrons. The van der Waals surface area contributed by atoms with Gasteiger partial charge >= 0.3 is 24.1 Å². The summed E-state index contributed by atoms with van der Waals surface area (Å²) in [4.78, 5) is 144. The smallest absolute Gasteiger partial charge is 0.408 e. The van der Waals surface area contributed by atoms with Crippen LogP contribution in [-0.2, 0) is 68.5 Å². The van der Waals surface area contributed by atoms with Crippen molar-refractivity contribution in [3.8, 4) is 0 Å². The van der Waals surface area contributed by atoms with E-state index in [-0.39, 0.29) is 32.2 Å². The van der Waals surface area contributed by atoms with Crippen molar-refractivity contribution in [2.24, 2.45) is 0 Å². The lowest BCUT2D eigenvalue weighted by Gasteiger charge is -2.28. The van der Waals surface area contributed by atoms with E-state index in [0.29, 0.717) is 24.2 Å². The Morgan fingerprint density at radius 1 is 0.564 bits per heavy atom. The molecule has 11 N–H and O–H groups in total. The van der Waals surface area contributed by atoms with Gasteiger partial charge in [0.1, 0.15) is 59.6 Å². The molecule has 26 nitrogen and oxygen atoms in total. The molecule has 0 aliphatic rings. The predicted molar refractivity (Wildman–Crippen MR) is 286 cm³/mol. The minimum absolute atomic E-state index is 0.0177. The normalized spacial score (nSPS) is 14.1. The number of aliphatic hydroxyl groups is 2. The van der Waals surface area contributed by atoms with E-state index < -0.39 is 151 Å². The van der Waals surface area contributed by atoms with Gasteiger partial charge < -0.3 is 77.0 Å². The van der Waals surface area contributed by atoms with Gasteiger partial charge in [-0.1, -0.05) is 30.3 Å². The Kier molecular flexibility index (Phi) is 30.4. The number of aliphatic hydroxyl groups excluding tert-OH is 2. The van der Waals surface area contributed by atoms with Crippen LogP contribution in [0.2, 0.25) is 0 Å². The largest absolute Gasteiger partial charge is 0.467 e. The second-order valence-corrected chi connectivity index (χ2v) is 21.9. The third kappa shape index (κ3) is 30.3. The van der Waals surface area contributed by atoms with E-state index in [1.54, 1.807) is 98.9 Å². The lowest BCUT2D eigenvalue weighted by Crippen LogP contribution is -2.62. The summed E-state index contributed by atoms with van der Waals surface area (Å²) in [5, 5.41) is 43.0. The van der Waals surface area contributed by atoms with Gasteiger partial charge in [0.15, 0.2) is 0 Å². The number of unbranched alkanes of at least 4 members (excludes halogenated alkanes) is 1. The highest BCUT2D eigenvalue weighted by molar-refractivity contribution is 7.98. The molecule has 0 saturated carbocycles. The average molecular weight is 1130 g/mol. The third-order valence-electron chi connectivity index (χ3n) is 10.4. The van der Waals surface area contributed by atoms with Crippen LogP contribution in [-0.4, -0.2) is 180 Å². The average Bonchev–Trinajstić information content (AvgIpc) is 3.33. The van der Waals surface area contributed by atoms with E-state index >= 15 is 0 Å². The van der Waals surface area contributed by atoms with E-state index in [4.69, 9.17) is 18.9 Å². The Morgan fingerprint density at radius 2 is 1.06 bits per heavy atom. The van der Waals surface area contributed by atoms with Gasteiger partial charge in [0.25, 0.3) is 0 Å². The molecule has 0 aliphatic heterocycles. The summed E-state index contributed by atoms with van der Waals surface area (Å²) >= 11 is 1.32. The first-order valence-electron chi connectivity index (χ1n) is 25.4. The number of rotatable bonds is 31. The Labute approximate surface area is 460 Å². The predicted octanol–water partition coefficient (Wildman–Crippen LogP) is -0.105. The number of benzene rings is 1. The maximum absolute atomic E-state index is 14.0. The van der Waals surface area contributed by atoms with Crippen molar-refractivity contribution < 1.29 is 81.9 Å². The van der Waals surface area contributed by atoms with E-state index in [0.717, 1.165) is 14.0 Å². The number of alkyl carbamates (subject to hydrolysis) is 2. The number of carbonyl (C=O) groups is 11. The topological polar surface area (TPSA) is 373 Å². The molecule has 0 radical (unpaired) electrons. The van der Waals surface area contributed by atoms with Gasteiger partial charge in [0.2, 0.25) is 41.4 Å². The minimum Gasteiger partial charge on any atom is -0.467 e. The monoisotopic (exact) mass is 1130 g/mol. The third-order valence-corrected chi connectivity index (χ3v) is 11.0. The Balaban J connectivity index is 3.29. The first kappa shape index (κ1) is 69.3. The Morgan fingerprint density at radius 3 is 1.60 bits per heavy atom. The van der Waals surface area contributed by atoms with Gasteiger partial charge in [-0.2, -0.15) is 11.8 Å². The fourth-order valence-electron chi connectivity index (χ4n) is 6.74. The standard InChI is InChI=1S/C51H83N9O17S/c1-30(62)40(60-42(67)33(23-25-78-12)57-43(68)35(26-31-18-14-13-15-19-31)55-38(64)28-53-37(63)27-54-48(73)77-51(8,9)10)45(70)59-36(29-61)44(69)56-32(21-22-39(65)75-49(2,3)4)41(66)58-34(46(71)74-11)20-16-17-24-52-47(72)76-50(5,6)7/h13-15,18-19,30,32-36,40,61-62H,16-17,20-29H2,1-12H3,(H,52,72)(H,53,63)(H,54,73)(H,55,64)(H,56,69)(H,57,68)(H,58,66)(H,59,70)(H,60,67)/t30-,32+,33+,34+,35+,36+,40+/m1/s1. The van der Waals surface area contributed by atoms with Crippen molar-refractivity contribution in [2.45, 2.75) is 173 Å². The molecule has 0 fully saturated rings. The van der Waals surface area contributed by atoms with Gasteiger partial charge in [-0.05, 0) is 119 Å². The summed E-state index contributed by atoms with van der Waals surface area (Å²) in [6.07, 6.45) is -1.62. The number of thioether (sulfide) groups is 1. The van der Waals surface area contributed by atoms with E-state index in [1.165, 1.54) is 11.8 Å². The number of esters is 2. The molecule has 27 heteroatoms. The van der Waals surface area contributed by atoms with Crippen LogP contribution < -0.4 is 47.9 Å². The molecule has 7 atom stereocenters. The lowest BCUT2D eigenvalue weighted by molar-refractivity contribution is -0.155. The summed E-state index contributed by atoms with van der Waals surface area (Å²) < 4.78 is 20.6. The molecule has 9 amide bonds. The molecule has 1 aromatic carbocycles. The molecule has 0 spiro atoms. The highest BCUT2D eigenvalue weighted by atomic mass is 32.2. The van der Waals surface area contributed by atoms with Crippen molar-refractivity contribution >= 4 is 77.2 Å². The number of amides is 9. The molecule has 78 heavy (non-hydrogen) atoms. The van der Waals surface area contributed by atoms with E-state index in [2.05, 4.69) is 47.9 Å². The number of methoxy groups -OCH3 is 1. The molecular formula is C51H83N9O17S. The maximum atomic E-state index is 14.0. The molecule has 0 unspecified atom stereocenters. The second-order valence-electron chi connectivity index (χ2n) is 21.0. The van der Waals surface area contributed by atoms with Crippen LogP contribution in [0.4, 0.5) is 9.59 Å². The zero-order valence-electron chi connectivity index (χ0n) is 46.8. The molecule has 0 aromatic heterocycles. The molecule has 1 aromatic rings. The summed E-state index contributed by atoms with van der Waals surface area (Å²) in [6.45, 7) is 14.0. The highest BCUT2D eigenvalue weighted by Crippen LogP contribution is 2.13. The fraction of sp³-hybridized carbons (Fsp3) is 0.667. The molecular weight excluding hydrogens is 1040 g/mol. The van der Waals surface area contributed by atoms with Crippen molar-refractivity contribution in [1.29, 1.82) is 0 Å². The van der Waals surface area contributed by atoms with Crippen LogP contribution in [0.25, 0.3) is 0 Å². The lowest BCUT2D eigenvalue weighted by atomic mass is 10.0. The summed E-state index contributed by atoms with van der Waals surface area (Å²) in [6, 6.07) is -0.636. The van der Waals surface area contributed by atoms with Gasteiger partial charge in [-0.3, -0.25) is 38.4 Å². The maximum Gasteiger partial charge on any atom is 0.408 e. The Hall–Kier alpha value is -6.74. The van der Waals surface area contributed by atoms with Crippen molar-refractivity contribution in [3.05, 3.63) is 35.9 Å². The fourth-order valence-corrected chi connectivity index (χ4v) is 7.21. The molecule has 1 rings (SSSR count). The van der Waals surface area contributed by atoms with Gasteiger partial charge in [0, 0.05) is 19.4 Å². The number of ether oxygens (including phenoxy) is 4. The van der Waals surface area contributed by atoms with Crippen molar-refractivity contribution in [1.82, 2.24) is 47.9 Å². The van der Waals surface area contributed by atoms with Gasteiger partial charge in [0.05, 0.1) is 26.4 Å². The number of hydrogen-bond acceptors (Lipinski definition) is 18. The second kappa shape index (κ2) is 34.2. The number of hydrogen-bond donors (Lipinski definition) is 11. The first-order chi connectivity index (χ1) is 36.3.